The molecule has 0 unspecified atom stereocenters. The molecule has 0 saturated heterocycles. The van der Waals surface area contributed by atoms with Crippen molar-refractivity contribution in [2.75, 3.05) is 6.61 Å². The van der Waals surface area contributed by atoms with Gasteiger partial charge in [0.25, 0.3) is 0 Å². The Morgan fingerprint density at radius 3 is 2.66 bits per heavy atom. The fraction of sp³-hybridized carbons (Fsp3) is 0.304. The van der Waals surface area contributed by atoms with Gasteiger partial charge < -0.3 is 19.2 Å². The number of esters is 2. The van der Waals surface area contributed by atoms with Crippen molar-refractivity contribution in [3.63, 3.8) is 0 Å². The van der Waals surface area contributed by atoms with Crippen LogP contribution in [0.25, 0.3) is 0 Å². The molecule has 0 radical (unpaired) electrons. The van der Waals surface area contributed by atoms with E-state index in [1.165, 1.54) is 18.3 Å². The van der Waals surface area contributed by atoms with E-state index in [1.807, 2.05) is 5.38 Å². The van der Waals surface area contributed by atoms with Crippen LogP contribution in [0.1, 0.15) is 62.0 Å². The zero-order valence-electron chi connectivity index (χ0n) is 18.3. The highest BCUT2D eigenvalue weighted by molar-refractivity contribution is 7.07. The molecule has 0 bridgehead atoms. The van der Waals surface area contributed by atoms with Crippen molar-refractivity contribution >= 4 is 29.1 Å². The van der Waals surface area contributed by atoms with E-state index < -0.39 is 23.8 Å². The van der Waals surface area contributed by atoms with Crippen LogP contribution in [0.4, 0.5) is 0 Å². The number of ketones is 1. The monoisotopic (exact) mass is 456 g/mol. The van der Waals surface area contributed by atoms with E-state index >= 15 is 0 Å². The predicted octanol–water partition coefficient (Wildman–Crippen LogP) is 4.27. The van der Waals surface area contributed by atoms with Gasteiger partial charge in [-0.1, -0.05) is 6.07 Å². The summed E-state index contributed by atoms with van der Waals surface area (Å²) in [5.41, 5.74) is 4.28. The number of aryl methyl sites for hydroxylation is 1. The normalized spacial score (nSPS) is 11.6. The van der Waals surface area contributed by atoms with Gasteiger partial charge in [-0.25, -0.2) is 14.6 Å². The van der Waals surface area contributed by atoms with Gasteiger partial charge in [-0.3, -0.25) is 4.79 Å². The number of Topliss-reactive ketones (excluding diaryl/α,β-unsaturated/α-hetero) is 1. The third-order valence-corrected chi connectivity index (χ3v) is 5.39. The molecule has 3 rings (SSSR count). The van der Waals surface area contributed by atoms with E-state index in [0.29, 0.717) is 22.6 Å². The van der Waals surface area contributed by atoms with E-state index in [-0.39, 0.29) is 24.5 Å². The molecule has 0 saturated carbocycles. The summed E-state index contributed by atoms with van der Waals surface area (Å²) in [5.74, 6) is -1.11. The van der Waals surface area contributed by atoms with Crippen LogP contribution >= 0.6 is 11.3 Å². The van der Waals surface area contributed by atoms with Gasteiger partial charge in [0.2, 0.25) is 5.78 Å². The molecule has 0 aliphatic carbocycles. The number of carbonyl (C=O) groups is 3. The highest BCUT2D eigenvalue weighted by Gasteiger charge is 2.27. The van der Waals surface area contributed by atoms with Crippen LogP contribution in [0, 0.1) is 13.8 Å². The third kappa shape index (κ3) is 5.23. The van der Waals surface area contributed by atoms with Crippen molar-refractivity contribution in [3.8, 4) is 5.75 Å². The summed E-state index contributed by atoms with van der Waals surface area (Å²) in [6.07, 6.45) is -1.06. The number of hydrogen-bond donors (Lipinski definition) is 1. The molecule has 1 aromatic carbocycles. The number of nitrogens with zero attached hydrogens (tertiary/aromatic N) is 1. The lowest BCUT2D eigenvalue weighted by Gasteiger charge is -2.13. The SMILES string of the molecule is CCOC(=O)c1c(C)[nH]c(C(=O)[C@@H](C)OC(=O)c2cccc(OCc3cscn3)c2)c1C. The van der Waals surface area contributed by atoms with Gasteiger partial charge in [0, 0.05) is 11.1 Å². The molecule has 2 aromatic heterocycles. The second-order valence-electron chi connectivity index (χ2n) is 7.05. The molecule has 1 atom stereocenters. The minimum Gasteiger partial charge on any atom is -0.487 e. The molecule has 1 N–H and O–H groups in total. The molecule has 0 aliphatic heterocycles. The van der Waals surface area contributed by atoms with Gasteiger partial charge in [0.05, 0.1) is 34.6 Å². The van der Waals surface area contributed by atoms with Crippen molar-refractivity contribution in [2.24, 2.45) is 0 Å². The van der Waals surface area contributed by atoms with Gasteiger partial charge >= 0.3 is 11.9 Å². The quantitative estimate of drug-likeness (QED) is 0.378. The summed E-state index contributed by atoms with van der Waals surface area (Å²) < 4.78 is 16.1. The number of carbonyl (C=O) groups excluding carboxylic acids is 3. The molecule has 0 spiro atoms. The van der Waals surface area contributed by atoms with Crippen molar-refractivity contribution in [1.29, 1.82) is 0 Å². The maximum Gasteiger partial charge on any atom is 0.340 e. The maximum atomic E-state index is 12.9. The van der Waals surface area contributed by atoms with Gasteiger partial charge in [-0.15, -0.1) is 11.3 Å². The summed E-state index contributed by atoms with van der Waals surface area (Å²) in [6.45, 7) is 7.05. The van der Waals surface area contributed by atoms with E-state index in [2.05, 4.69) is 9.97 Å². The second kappa shape index (κ2) is 10.2. The summed E-state index contributed by atoms with van der Waals surface area (Å²) in [6, 6.07) is 6.52. The standard InChI is InChI=1S/C23H24N2O6S/c1-5-29-23(28)19-13(2)20(25-14(19)3)21(26)15(4)31-22(27)16-7-6-8-18(9-16)30-10-17-11-32-12-24-17/h6-9,11-12,15,25H,5,10H2,1-4H3/t15-/m1/s1. The Morgan fingerprint density at radius 2 is 1.97 bits per heavy atom. The number of aromatic amines is 1. The van der Waals surface area contributed by atoms with Gasteiger partial charge in [-0.2, -0.15) is 0 Å². The Bertz CT molecular complexity index is 1120. The zero-order chi connectivity index (χ0) is 23.3. The third-order valence-electron chi connectivity index (χ3n) is 4.76. The molecule has 9 heteroatoms. The molecule has 168 valence electrons. The summed E-state index contributed by atoms with van der Waals surface area (Å²) in [5, 5.41) is 1.88. The van der Waals surface area contributed by atoms with Gasteiger partial charge in [0.1, 0.15) is 12.4 Å². The largest absolute Gasteiger partial charge is 0.487 e. The smallest absolute Gasteiger partial charge is 0.340 e. The van der Waals surface area contributed by atoms with Gasteiger partial charge in [0.15, 0.2) is 6.10 Å². The topological polar surface area (TPSA) is 108 Å². The van der Waals surface area contributed by atoms with Crippen LogP contribution in [0.5, 0.6) is 5.75 Å². The Labute approximate surface area is 189 Å². The number of nitrogens with one attached hydrogen (secondary N) is 1. The molecule has 0 fully saturated rings. The molecule has 0 amide bonds. The lowest BCUT2D eigenvalue weighted by Crippen LogP contribution is -2.25. The van der Waals surface area contributed by atoms with Crippen LogP contribution in [-0.4, -0.2) is 40.4 Å². The highest BCUT2D eigenvalue weighted by atomic mass is 32.1. The van der Waals surface area contributed by atoms with Crippen molar-refractivity contribution in [3.05, 3.63) is 68.9 Å². The fourth-order valence-electron chi connectivity index (χ4n) is 3.17. The second-order valence-corrected chi connectivity index (χ2v) is 7.77. The minimum absolute atomic E-state index is 0.214. The number of aromatic nitrogens is 2. The first kappa shape index (κ1) is 23.2. The number of thiazole rings is 1. The lowest BCUT2D eigenvalue weighted by atomic mass is 10.1. The van der Waals surface area contributed by atoms with E-state index in [0.717, 1.165) is 5.69 Å². The first-order chi connectivity index (χ1) is 15.3. The molecular formula is C23H24N2O6S. The van der Waals surface area contributed by atoms with Crippen molar-refractivity contribution < 1.29 is 28.6 Å². The van der Waals surface area contributed by atoms with Crippen LogP contribution in [-0.2, 0) is 16.1 Å². The van der Waals surface area contributed by atoms with Gasteiger partial charge in [-0.05, 0) is 51.5 Å². The first-order valence-corrected chi connectivity index (χ1v) is 11.0. The molecule has 8 nitrogen and oxygen atoms in total. The first-order valence-electron chi connectivity index (χ1n) is 10.0. The van der Waals surface area contributed by atoms with E-state index in [9.17, 15) is 14.4 Å². The average molecular weight is 457 g/mol. The maximum absolute atomic E-state index is 12.9. The van der Waals surface area contributed by atoms with Crippen LogP contribution in [0.3, 0.4) is 0 Å². The Morgan fingerprint density at radius 1 is 1.19 bits per heavy atom. The molecular weight excluding hydrogens is 432 g/mol. The number of ether oxygens (including phenoxy) is 3. The average Bonchev–Trinajstić information content (AvgIpc) is 3.39. The Hall–Kier alpha value is -3.46. The number of rotatable bonds is 9. The summed E-state index contributed by atoms with van der Waals surface area (Å²) >= 11 is 1.47. The zero-order valence-corrected chi connectivity index (χ0v) is 19.1. The predicted molar refractivity (Wildman–Crippen MR) is 118 cm³/mol. The Kier molecular flexibility index (Phi) is 7.42. The van der Waals surface area contributed by atoms with E-state index in [1.54, 1.807) is 50.5 Å². The van der Waals surface area contributed by atoms with Crippen LogP contribution in [0.2, 0.25) is 0 Å². The van der Waals surface area contributed by atoms with Crippen molar-refractivity contribution in [2.45, 2.75) is 40.4 Å². The molecule has 2 heterocycles. The summed E-state index contributed by atoms with van der Waals surface area (Å²) in [7, 11) is 0. The number of H-pyrrole nitrogens is 1. The van der Waals surface area contributed by atoms with Crippen LogP contribution < -0.4 is 4.74 Å². The summed E-state index contributed by atoms with van der Waals surface area (Å²) in [4.78, 5) is 44.7. The lowest BCUT2D eigenvalue weighted by molar-refractivity contribution is 0.0316. The van der Waals surface area contributed by atoms with Crippen molar-refractivity contribution in [1.82, 2.24) is 9.97 Å². The number of hydrogen-bond acceptors (Lipinski definition) is 8. The molecule has 3 aromatic rings. The molecule has 0 aliphatic rings. The highest BCUT2D eigenvalue weighted by Crippen LogP contribution is 2.22. The number of benzene rings is 1. The van der Waals surface area contributed by atoms with E-state index in [4.69, 9.17) is 14.2 Å². The Balaban J connectivity index is 1.68. The fourth-order valence-corrected chi connectivity index (χ4v) is 3.71. The minimum atomic E-state index is -1.06. The molecule has 32 heavy (non-hydrogen) atoms. The van der Waals surface area contributed by atoms with Crippen LogP contribution in [0.15, 0.2) is 35.2 Å².